The monoisotopic (exact) mass is 198 g/mol. The van der Waals surface area contributed by atoms with Crippen LogP contribution in [0.5, 0.6) is 0 Å². The number of hydrogen-bond donors (Lipinski definition) is 2. The lowest BCUT2D eigenvalue weighted by Gasteiger charge is -2.43. The van der Waals surface area contributed by atoms with Gasteiger partial charge in [0.2, 0.25) is 0 Å². The molecule has 0 aromatic carbocycles. The fraction of sp³-hybridized carbons (Fsp3) is 1.00. The van der Waals surface area contributed by atoms with Crippen molar-refractivity contribution in [3.8, 4) is 0 Å². The zero-order valence-corrected chi connectivity index (χ0v) is 9.08. The van der Waals surface area contributed by atoms with E-state index < -0.39 is 0 Å². The lowest BCUT2D eigenvalue weighted by atomic mass is 9.64. The lowest BCUT2D eigenvalue weighted by Crippen LogP contribution is -2.39. The molecule has 0 spiro atoms. The van der Waals surface area contributed by atoms with Gasteiger partial charge in [0.05, 0.1) is 6.10 Å². The number of rotatable bonds is 2. The van der Waals surface area contributed by atoms with Crippen molar-refractivity contribution >= 4 is 0 Å². The van der Waals surface area contributed by atoms with Crippen molar-refractivity contribution in [3.05, 3.63) is 0 Å². The Morgan fingerprint density at radius 3 is 2.79 bits per heavy atom. The van der Waals surface area contributed by atoms with Crippen LogP contribution in [0.25, 0.3) is 0 Å². The summed E-state index contributed by atoms with van der Waals surface area (Å²) >= 11 is 0. The van der Waals surface area contributed by atoms with E-state index in [1.165, 1.54) is 19.3 Å². The van der Waals surface area contributed by atoms with Crippen molar-refractivity contribution in [2.45, 2.75) is 51.6 Å². The van der Waals surface area contributed by atoms with E-state index in [0.717, 1.165) is 19.3 Å². The van der Waals surface area contributed by atoms with Gasteiger partial charge in [-0.1, -0.05) is 13.3 Å². The topological polar surface area (TPSA) is 40.5 Å². The van der Waals surface area contributed by atoms with Crippen molar-refractivity contribution < 1.29 is 10.2 Å². The third-order valence-electron chi connectivity index (χ3n) is 4.76. The highest BCUT2D eigenvalue weighted by atomic mass is 16.3. The van der Waals surface area contributed by atoms with Crippen molar-refractivity contribution in [2.24, 2.45) is 17.3 Å². The Balaban J connectivity index is 2.12. The number of aliphatic hydroxyl groups excluding tert-OH is 2. The van der Waals surface area contributed by atoms with Gasteiger partial charge in [-0.25, -0.2) is 0 Å². The van der Waals surface area contributed by atoms with E-state index in [-0.39, 0.29) is 6.10 Å². The molecule has 0 saturated heterocycles. The fourth-order valence-electron chi connectivity index (χ4n) is 3.89. The van der Waals surface area contributed by atoms with Crippen LogP contribution in [0.4, 0.5) is 0 Å². The number of aliphatic hydroxyl groups is 2. The number of hydrogen-bond acceptors (Lipinski definition) is 2. The molecule has 0 aromatic rings. The predicted octanol–water partition coefficient (Wildman–Crippen LogP) is 1.95. The van der Waals surface area contributed by atoms with Gasteiger partial charge in [-0.05, 0) is 49.4 Å². The third kappa shape index (κ3) is 1.49. The molecule has 0 radical (unpaired) electrons. The molecule has 0 bridgehead atoms. The van der Waals surface area contributed by atoms with Crippen LogP contribution in [-0.2, 0) is 0 Å². The molecule has 2 heteroatoms. The first-order valence-electron chi connectivity index (χ1n) is 5.97. The number of fused-ring (bicyclic) bond motifs is 1. The Labute approximate surface area is 86.3 Å². The second-order valence-corrected chi connectivity index (χ2v) is 5.36. The molecule has 2 nitrogen and oxygen atoms in total. The van der Waals surface area contributed by atoms with E-state index in [1.54, 1.807) is 0 Å². The van der Waals surface area contributed by atoms with Gasteiger partial charge in [0.1, 0.15) is 0 Å². The fourth-order valence-corrected chi connectivity index (χ4v) is 3.89. The maximum Gasteiger partial charge on any atom is 0.0573 e. The first-order chi connectivity index (χ1) is 6.68. The summed E-state index contributed by atoms with van der Waals surface area (Å²) in [4.78, 5) is 0. The molecular formula is C12H22O2. The molecule has 0 aromatic heterocycles. The molecule has 2 fully saturated rings. The Kier molecular flexibility index (Phi) is 2.85. The second-order valence-electron chi connectivity index (χ2n) is 5.36. The summed E-state index contributed by atoms with van der Waals surface area (Å²) < 4.78 is 0. The lowest BCUT2D eigenvalue weighted by molar-refractivity contribution is -0.0207. The van der Waals surface area contributed by atoms with Gasteiger partial charge in [-0.15, -0.1) is 0 Å². The average Bonchev–Trinajstić information content (AvgIpc) is 2.46. The quantitative estimate of drug-likeness (QED) is 0.712. The van der Waals surface area contributed by atoms with Crippen LogP contribution in [0, 0.1) is 17.3 Å². The van der Waals surface area contributed by atoms with E-state index in [0.29, 0.717) is 23.9 Å². The van der Waals surface area contributed by atoms with Gasteiger partial charge < -0.3 is 10.2 Å². The van der Waals surface area contributed by atoms with Crippen molar-refractivity contribution in [3.63, 3.8) is 0 Å². The summed E-state index contributed by atoms with van der Waals surface area (Å²) in [6.45, 7) is 2.64. The summed E-state index contributed by atoms with van der Waals surface area (Å²) in [6, 6.07) is 0. The van der Waals surface area contributed by atoms with E-state index >= 15 is 0 Å². The summed E-state index contributed by atoms with van der Waals surface area (Å²) in [6.07, 6.45) is 6.64. The highest BCUT2D eigenvalue weighted by molar-refractivity contribution is 5.00. The van der Waals surface area contributed by atoms with Crippen molar-refractivity contribution in [2.75, 3.05) is 6.61 Å². The summed E-state index contributed by atoms with van der Waals surface area (Å²) in [5, 5.41) is 19.0. The minimum atomic E-state index is -0.0718. The van der Waals surface area contributed by atoms with Crippen molar-refractivity contribution in [1.29, 1.82) is 0 Å². The molecule has 0 heterocycles. The Bertz CT molecular complexity index is 204. The van der Waals surface area contributed by atoms with Crippen LogP contribution >= 0.6 is 0 Å². The second kappa shape index (κ2) is 3.82. The molecule has 2 aliphatic rings. The maximum absolute atomic E-state index is 9.97. The third-order valence-corrected chi connectivity index (χ3v) is 4.76. The summed E-state index contributed by atoms with van der Waals surface area (Å²) in [5.41, 5.74) is 0.320. The zero-order chi connectivity index (χ0) is 10.2. The molecule has 0 aliphatic heterocycles. The average molecular weight is 198 g/mol. The Morgan fingerprint density at radius 1 is 1.29 bits per heavy atom. The molecule has 2 N–H and O–H groups in total. The van der Waals surface area contributed by atoms with Crippen molar-refractivity contribution in [1.82, 2.24) is 0 Å². The first kappa shape index (κ1) is 10.4. The standard InChI is InChI=1S/C12H22O2/c1-12-7-2-3-11(14)10(12)5-4-9(12)6-8-13/h9-11,13-14H,2-8H2,1H3/t9?,10-,11?,12?/m0/s1. The Morgan fingerprint density at radius 2 is 2.07 bits per heavy atom. The summed E-state index contributed by atoms with van der Waals surface area (Å²) in [5.74, 6) is 1.15. The molecule has 0 amide bonds. The van der Waals surface area contributed by atoms with Crippen LogP contribution in [0.15, 0.2) is 0 Å². The predicted molar refractivity (Wildman–Crippen MR) is 55.9 cm³/mol. The van der Waals surface area contributed by atoms with Crippen LogP contribution < -0.4 is 0 Å². The van der Waals surface area contributed by atoms with Gasteiger partial charge in [0, 0.05) is 6.61 Å². The minimum Gasteiger partial charge on any atom is -0.396 e. The highest BCUT2D eigenvalue weighted by Gasteiger charge is 2.50. The summed E-state index contributed by atoms with van der Waals surface area (Å²) in [7, 11) is 0. The molecule has 2 aliphatic carbocycles. The Hall–Kier alpha value is -0.0800. The van der Waals surface area contributed by atoms with Gasteiger partial charge in [-0.2, -0.15) is 0 Å². The maximum atomic E-state index is 9.97. The van der Waals surface area contributed by atoms with E-state index in [1.807, 2.05) is 0 Å². The van der Waals surface area contributed by atoms with E-state index in [4.69, 9.17) is 5.11 Å². The smallest absolute Gasteiger partial charge is 0.0573 e. The first-order valence-corrected chi connectivity index (χ1v) is 5.97. The largest absolute Gasteiger partial charge is 0.396 e. The van der Waals surface area contributed by atoms with E-state index in [2.05, 4.69) is 6.92 Å². The molecular weight excluding hydrogens is 176 g/mol. The van der Waals surface area contributed by atoms with Crippen LogP contribution in [0.2, 0.25) is 0 Å². The molecule has 2 saturated carbocycles. The van der Waals surface area contributed by atoms with Crippen LogP contribution in [-0.4, -0.2) is 22.9 Å². The zero-order valence-electron chi connectivity index (χ0n) is 9.08. The highest BCUT2D eigenvalue weighted by Crippen LogP contribution is 2.56. The molecule has 2 rings (SSSR count). The molecule has 3 unspecified atom stereocenters. The van der Waals surface area contributed by atoms with E-state index in [9.17, 15) is 5.11 Å². The molecule has 14 heavy (non-hydrogen) atoms. The van der Waals surface area contributed by atoms with Crippen LogP contribution in [0.1, 0.15) is 45.4 Å². The minimum absolute atomic E-state index is 0.0718. The van der Waals surface area contributed by atoms with Crippen LogP contribution in [0.3, 0.4) is 0 Å². The molecule has 82 valence electrons. The van der Waals surface area contributed by atoms with Gasteiger partial charge in [0.25, 0.3) is 0 Å². The van der Waals surface area contributed by atoms with Gasteiger partial charge in [-0.3, -0.25) is 0 Å². The van der Waals surface area contributed by atoms with Gasteiger partial charge >= 0.3 is 0 Å². The SMILES string of the molecule is CC12CCCC(O)[C@@H]1CCC2CCO. The molecule has 4 atom stereocenters. The normalized spacial score (nSPS) is 47.8. The van der Waals surface area contributed by atoms with Gasteiger partial charge in [0.15, 0.2) is 0 Å².